The standard InChI is InChI=1S/C28H33N3O4.C28H35N3O2/c1-28(2,3)27-23(22-13-12-21(31(33)34)18-24(22)29-27)15-17-30-16-5-6-25(30)20-10-7-19(8-11-20)9-14-26(32)35-4;1-28(2,3)27-23(22-13-12-21(29)18-24(22)30-27)15-17-31-16-5-6-25(31)20-10-7-19(8-11-20)9-14-26(32)33-4/h7-14,18,25,29H,5-6,15-17H2,1-4H3;7-14,18,25,30H,5-6,15-17,29H2,1-4H3/b2*14-9+. The normalized spacial score (nSPS) is 17.1. The minimum atomic E-state index is -0.363. The van der Waals surface area contributed by atoms with Gasteiger partial charge in [0.25, 0.3) is 5.69 Å². The number of nitro groups is 1. The molecule has 2 atom stereocenters. The Morgan fingerprint density at radius 3 is 1.51 bits per heavy atom. The number of nitrogens with one attached hydrogen (secondary N) is 2. The van der Waals surface area contributed by atoms with Crippen molar-refractivity contribution in [1.29, 1.82) is 0 Å². The topological polar surface area (TPSA) is 160 Å². The molecule has 68 heavy (non-hydrogen) atoms. The molecular weight excluding hydrogens is 853 g/mol. The van der Waals surface area contributed by atoms with Crippen molar-refractivity contribution in [3.05, 3.63) is 152 Å². The number of ether oxygens (including phenoxy) is 2. The molecule has 6 aromatic rings. The highest BCUT2D eigenvalue weighted by Crippen LogP contribution is 2.38. The number of non-ortho nitro benzene ring substituents is 1. The second-order valence-electron chi connectivity index (χ2n) is 20.2. The van der Waals surface area contributed by atoms with E-state index in [4.69, 9.17) is 5.73 Å². The third-order valence-electron chi connectivity index (χ3n) is 13.4. The average molecular weight is 921 g/mol. The highest BCUT2D eigenvalue weighted by atomic mass is 16.6. The molecule has 4 heterocycles. The summed E-state index contributed by atoms with van der Waals surface area (Å²) in [4.78, 5) is 45.9. The van der Waals surface area contributed by atoms with E-state index in [9.17, 15) is 19.7 Å². The molecule has 0 aliphatic carbocycles. The van der Waals surface area contributed by atoms with E-state index < -0.39 is 0 Å². The highest BCUT2D eigenvalue weighted by molar-refractivity contribution is 5.89. The molecule has 12 heteroatoms. The summed E-state index contributed by atoms with van der Waals surface area (Å²) in [6, 6.07) is 29.0. The Kier molecular flexibility index (Phi) is 15.4. The van der Waals surface area contributed by atoms with Gasteiger partial charge in [-0.25, -0.2) is 9.59 Å². The van der Waals surface area contributed by atoms with Gasteiger partial charge in [0.15, 0.2) is 0 Å². The molecule has 4 N–H and O–H groups in total. The van der Waals surface area contributed by atoms with Crippen LogP contribution in [-0.2, 0) is 42.7 Å². The van der Waals surface area contributed by atoms with Crippen LogP contribution in [0.15, 0.2) is 97.1 Å². The Bertz CT molecular complexity index is 2790. The number of nitrogen functional groups attached to an aromatic ring is 1. The molecule has 8 rings (SSSR count). The molecule has 0 bridgehead atoms. The monoisotopic (exact) mass is 921 g/mol. The molecule has 2 fully saturated rings. The van der Waals surface area contributed by atoms with Crippen molar-refractivity contribution in [2.24, 2.45) is 0 Å². The zero-order valence-corrected chi connectivity index (χ0v) is 41.0. The Morgan fingerprint density at radius 1 is 0.676 bits per heavy atom. The molecule has 2 aliphatic rings. The van der Waals surface area contributed by atoms with E-state index in [1.807, 2.05) is 30.3 Å². The summed E-state index contributed by atoms with van der Waals surface area (Å²) in [6.07, 6.45) is 13.0. The number of aromatic amines is 2. The maximum atomic E-state index is 11.3. The van der Waals surface area contributed by atoms with Crippen molar-refractivity contribution < 1.29 is 24.0 Å². The lowest BCUT2D eigenvalue weighted by molar-refractivity contribution is -0.384. The van der Waals surface area contributed by atoms with Crippen LogP contribution < -0.4 is 5.73 Å². The number of methoxy groups -OCH3 is 2. The zero-order valence-electron chi connectivity index (χ0n) is 41.0. The molecule has 358 valence electrons. The van der Waals surface area contributed by atoms with E-state index >= 15 is 0 Å². The van der Waals surface area contributed by atoms with Crippen LogP contribution in [0, 0.1) is 10.1 Å². The smallest absolute Gasteiger partial charge is 0.330 e. The number of esters is 2. The number of H-pyrrole nitrogens is 2. The molecule has 0 radical (unpaired) electrons. The van der Waals surface area contributed by atoms with Crippen molar-refractivity contribution in [2.75, 3.05) is 46.1 Å². The molecule has 12 nitrogen and oxygen atoms in total. The van der Waals surface area contributed by atoms with Gasteiger partial charge in [-0.05, 0) is 115 Å². The van der Waals surface area contributed by atoms with Crippen LogP contribution >= 0.6 is 0 Å². The number of nitrogens with two attached hydrogens (primary N) is 1. The van der Waals surface area contributed by atoms with Crippen LogP contribution in [0.2, 0.25) is 0 Å². The van der Waals surface area contributed by atoms with Crippen LogP contribution in [0.1, 0.15) is 124 Å². The molecule has 2 aliphatic heterocycles. The lowest BCUT2D eigenvalue weighted by Crippen LogP contribution is -2.26. The second kappa shape index (κ2) is 21.2. The molecule has 2 saturated heterocycles. The summed E-state index contributed by atoms with van der Waals surface area (Å²) in [5.74, 6) is -0.701. The van der Waals surface area contributed by atoms with Crippen molar-refractivity contribution in [3.63, 3.8) is 0 Å². The van der Waals surface area contributed by atoms with Crippen LogP contribution in [-0.4, -0.2) is 77.0 Å². The number of aromatic nitrogens is 2. The van der Waals surface area contributed by atoms with Crippen LogP contribution in [0.3, 0.4) is 0 Å². The first-order valence-corrected chi connectivity index (χ1v) is 23.8. The van der Waals surface area contributed by atoms with Gasteiger partial charge in [-0.15, -0.1) is 0 Å². The number of rotatable bonds is 13. The molecule has 2 unspecified atom stereocenters. The average Bonchev–Trinajstić information content (AvgIpc) is 4.14. The molecular formula is C56H68N6O6. The lowest BCUT2D eigenvalue weighted by atomic mass is 9.88. The number of nitro benzene ring substituents is 1. The Labute approximate surface area is 400 Å². The zero-order chi connectivity index (χ0) is 48.8. The van der Waals surface area contributed by atoms with Crippen molar-refractivity contribution in [3.8, 4) is 0 Å². The van der Waals surface area contributed by atoms with Gasteiger partial charge in [0.2, 0.25) is 0 Å². The lowest BCUT2D eigenvalue weighted by Gasteiger charge is -2.26. The number of hydrogen-bond donors (Lipinski definition) is 3. The van der Waals surface area contributed by atoms with E-state index in [1.165, 1.54) is 72.5 Å². The number of anilines is 1. The van der Waals surface area contributed by atoms with E-state index in [0.717, 1.165) is 90.8 Å². The van der Waals surface area contributed by atoms with Crippen LogP contribution in [0.4, 0.5) is 11.4 Å². The largest absolute Gasteiger partial charge is 0.466 e. The maximum absolute atomic E-state index is 11.3. The summed E-state index contributed by atoms with van der Waals surface area (Å²) < 4.78 is 9.33. The van der Waals surface area contributed by atoms with Crippen molar-refractivity contribution in [2.45, 2.75) is 103 Å². The summed E-state index contributed by atoms with van der Waals surface area (Å²) in [7, 11) is 2.76. The van der Waals surface area contributed by atoms with E-state index in [1.54, 1.807) is 24.3 Å². The van der Waals surface area contributed by atoms with Gasteiger partial charge in [0, 0.05) is 93.7 Å². The quantitative estimate of drug-likeness (QED) is 0.0337. The Morgan fingerprint density at radius 2 is 1.10 bits per heavy atom. The molecule has 2 aromatic heterocycles. The van der Waals surface area contributed by atoms with Gasteiger partial charge in [0.05, 0.1) is 24.7 Å². The highest BCUT2D eigenvalue weighted by Gasteiger charge is 2.30. The number of benzene rings is 4. The number of carbonyl (C=O) groups excluding carboxylic acids is 2. The fourth-order valence-corrected chi connectivity index (χ4v) is 10.0. The molecule has 4 aromatic carbocycles. The Hall–Kier alpha value is -6.50. The first-order valence-electron chi connectivity index (χ1n) is 23.8. The maximum Gasteiger partial charge on any atom is 0.330 e. The fraction of sp³-hybridized carbons (Fsp3) is 0.393. The third-order valence-corrected chi connectivity index (χ3v) is 13.4. The van der Waals surface area contributed by atoms with E-state index in [0.29, 0.717) is 12.1 Å². The van der Waals surface area contributed by atoms with E-state index in [2.05, 4.69) is 113 Å². The minimum absolute atomic E-state index is 0.0427. The van der Waals surface area contributed by atoms with Crippen LogP contribution in [0.5, 0.6) is 0 Å². The minimum Gasteiger partial charge on any atom is -0.466 e. The molecule has 0 saturated carbocycles. The molecule has 0 spiro atoms. The van der Waals surface area contributed by atoms with Crippen LogP contribution in [0.25, 0.3) is 34.0 Å². The van der Waals surface area contributed by atoms with Gasteiger partial charge in [-0.1, -0.05) is 96.1 Å². The number of carbonyl (C=O) groups is 2. The SMILES string of the molecule is COC(=O)/C=C/c1ccc(C2CCCN2CCc2c(C(C)(C)C)[nH]c3cc(N)ccc23)cc1.COC(=O)/C=C/c1ccc(C2CCCN2CCc2c(C(C)(C)C)[nH]c3cc([N+](=O)[O-])ccc23)cc1. The fourth-order valence-electron chi connectivity index (χ4n) is 10.0. The number of hydrogen-bond acceptors (Lipinski definition) is 9. The first-order chi connectivity index (χ1) is 32.4. The summed E-state index contributed by atoms with van der Waals surface area (Å²) in [5, 5.41) is 13.6. The summed E-state index contributed by atoms with van der Waals surface area (Å²) in [5.41, 5.74) is 18.5. The Balaban J connectivity index is 0.000000202. The van der Waals surface area contributed by atoms with Gasteiger partial charge in [-0.3, -0.25) is 19.9 Å². The van der Waals surface area contributed by atoms with Crippen molar-refractivity contribution in [1.82, 2.24) is 19.8 Å². The third kappa shape index (κ3) is 11.8. The predicted octanol–water partition coefficient (Wildman–Crippen LogP) is 11.6. The summed E-state index contributed by atoms with van der Waals surface area (Å²) >= 11 is 0. The van der Waals surface area contributed by atoms with E-state index in [-0.39, 0.29) is 33.4 Å². The first kappa shape index (κ1) is 49.4. The predicted molar refractivity (Wildman–Crippen MR) is 275 cm³/mol. The number of nitrogens with zero attached hydrogens (tertiary/aromatic N) is 3. The van der Waals surface area contributed by atoms with Gasteiger partial charge >= 0.3 is 11.9 Å². The van der Waals surface area contributed by atoms with Gasteiger partial charge in [-0.2, -0.15) is 0 Å². The number of fused-ring (bicyclic) bond motifs is 2. The van der Waals surface area contributed by atoms with Gasteiger partial charge in [0.1, 0.15) is 0 Å². The van der Waals surface area contributed by atoms with Gasteiger partial charge < -0.3 is 25.2 Å². The number of likely N-dealkylation sites (tertiary alicyclic amines) is 2. The molecule has 0 amide bonds. The summed E-state index contributed by atoms with van der Waals surface area (Å²) in [6.45, 7) is 17.4. The second-order valence-corrected chi connectivity index (χ2v) is 20.2. The van der Waals surface area contributed by atoms with Crippen molar-refractivity contribution >= 4 is 57.3 Å².